The largest absolute Gasteiger partial charge is 0.478 e. The van der Waals surface area contributed by atoms with Gasteiger partial charge in [0.1, 0.15) is 5.75 Å². The van der Waals surface area contributed by atoms with Crippen LogP contribution in [0.4, 0.5) is 5.69 Å². The van der Waals surface area contributed by atoms with E-state index < -0.39 is 16.1 Å². The summed E-state index contributed by atoms with van der Waals surface area (Å²) in [5.41, 5.74) is 2.75. The minimum Gasteiger partial charge on any atom is -0.478 e. The molecule has 8 heteroatoms. The van der Waals surface area contributed by atoms with Crippen LogP contribution in [-0.2, 0) is 27.9 Å². The molecule has 2 aromatic carbocycles. The Morgan fingerprint density at radius 1 is 1.06 bits per heavy atom. The number of benzene rings is 2. The van der Waals surface area contributed by atoms with E-state index in [-0.39, 0.29) is 18.9 Å². The lowest BCUT2D eigenvalue weighted by atomic mass is 10.1. The highest BCUT2D eigenvalue weighted by atomic mass is 32.2. The normalized spacial score (nSPS) is 19.4. The van der Waals surface area contributed by atoms with Crippen LogP contribution < -0.4 is 14.4 Å². The number of rotatable bonds is 6. The fraction of sp³-hybridized carbons (Fsp3) is 0.435. The number of hydrogen-bond donors (Lipinski definition) is 1. The number of nitrogens with one attached hydrogen (secondary N) is 1. The number of carbonyl (C=O) groups excluding carboxylic acids is 1. The molecule has 166 valence electrons. The van der Waals surface area contributed by atoms with Crippen LogP contribution in [-0.4, -0.2) is 51.2 Å². The first-order valence-electron chi connectivity index (χ1n) is 10.7. The second kappa shape index (κ2) is 9.28. The average Bonchev–Trinajstić information content (AvgIpc) is 3.16. The van der Waals surface area contributed by atoms with Crippen molar-refractivity contribution < 1.29 is 17.9 Å². The number of carbonyl (C=O) groups is 1. The first-order valence-corrected chi connectivity index (χ1v) is 12.6. The Balaban J connectivity index is 1.40. The molecule has 31 heavy (non-hydrogen) atoms. The van der Waals surface area contributed by atoms with Crippen LogP contribution >= 0.6 is 0 Å². The molecule has 1 amide bonds. The minimum absolute atomic E-state index is 0.194. The summed E-state index contributed by atoms with van der Waals surface area (Å²) < 4.78 is 31.6. The maximum atomic E-state index is 12.8. The molecule has 1 N–H and O–H groups in total. The van der Waals surface area contributed by atoms with Crippen LogP contribution in [0.3, 0.4) is 0 Å². The van der Waals surface area contributed by atoms with Gasteiger partial charge in [-0.25, -0.2) is 8.42 Å². The summed E-state index contributed by atoms with van der Waals surface area (Å²) in [5.74, 6) is 0.160. The molecule has 2 heterocycles. The number of para-hydroxylation sites is 2. The summed E-state index contributed by atoms with van der Waals surface area (Å²) in [4.78, 5) is 15.3. The fourth-order valence-electron chi connectivity index (χ4n) is 4.20. The fourth-order valence-corrected chi connectivity index (χ4v) is 5.14. The third-order valence-electron chi connectivity index (χ3n) is 5.75. The molecule has 0 saturated carbocycles. The number of sulfonamides is 1. The van der Waals surface area contributed by atoms with Crippen LogP contribution in [0.1, 0.15) is 30.4 Å². The highest BCUT2D eigenvalue weighted by Gasteiger charge is 2.30. The van der Waals surface area contributed by atoms with Crippen LogP contribution in [0.15, 0.2) is 48.5 Å². The Bertz CT molecular complexity index is 1030. The van der Waals surface area contributed by atoms with Gasteiger partial charge in [-0.15, -0.1) is 0 Å². The molecule has 4 rings (SSSR count). The molecule has 0 bridgehead atoms. The number of amides is 1. The number of nitrogens with zero attached hydrogens (tertiary/aromatic N) is 2. The van der Waals surface area contributed by atoms with Crippen molar-refractivity contribution in [2.75, 3.05) is 30.2 Å². The Morgan fingerprint density at radius 3 is 2.58 bits per heavy atom. The average molecular weight is 444 g/mol. The van der Waals surface area contributed by atoms with E-state index in [0.717, 1.165) is 25.2 Å². The van der Waals surface area contributed by atoms with E-state index in [4.69, 9.17) is 4.74 Å². The Labute approximate surface area is 184 Å². The van der Waals surface area contributed by atoms with Crippen molar-refractivity contribution in [3.8, 4) is 5.75 Å². The summed E-state index contributed by atoms with van der Waals surface area (Å²) in [7, 11) is -3.46. The van der Waals surface area contributed by atoms with E-state index in [2.05, 4.69) is 22.3 Å². The van der Waals surface area contributed by atoms with Crippen molar-refractivity contribution in [2.24, 2.45) is 0 Å². The summed E-state index contributed by atoms with van der Waals surface area (Å²) in [5, 5.41) is 2.96. The smallest absolute Gasteiger partial charge is 0.261 e. The van der Waals surface area contributed by atoms with Gasteiger partial charge in [-0.05, 0) is 49.2 Å². The summed E-state index contributed by atoms with van der Waals surface area (Å²) in [6, 6.07) is 15.2. The molecule has 2 aromatic rings. The molecule has 1 saturated heterocycles. The Hall–Kier alpha value is -2.58. The van der Waals surface area contributed by atoms with Crippen molar-refractivity contribution in [2.45, 2.75) is 38.5 Å². The van der Waals surface area contributed by atoms with Gasteiger partial charge in [0.05, 0.1) is 11.9 Å². The number of fused-ring (bicyclic) bond motifs is 1. The van der Waals surface area contributed by atoms with Crippen molar-refractivity contribution >= 4 is 21.6 Å². The lowest BCUT2D eigenvalue weighted by Gasteiger charge is -2.20. The van der Waals surface area contributed by atoms with Crippen molar-refractivity contribution in [3.05, 3.63) is 59.7 Å². The van der Waals surface area contributed by atoms with Crippen molar-refractivity contribution in [1.29, 1.82) is 0 Å². The van der Waals surface area contributed by atoms with E-state index in [1.807, 2.05) is 12.1 Å². The van der Waals surface area contributed by atoms with Gasteiger partial charge in [0.25, 0.3) is 5.91 Å². The Morgan fingerprint density at radius 2 is 1.81 bits per heavy atom. The predicted molar refractivity (Wildman–Crippen MR) is 120 cm³/mol. The molecule has 1 unspecified atom stereocenters. The second-order valence-electron chi connectivity index (χ2n) is 8.22. The maximum Gasteiger partial charge on any atom is 0.261 e. The molecular weight excluding hydrogens is 414 g/mol. The van der Waals surface area contributed by atoms with Gasteiger partial charge >= 0.3 is 0 Å². The zero-order valence-corrected chi connectivity index (χ0v) is 18.6. The van der Waals surface area contributed by atoms with Gasteiger partial charge in [0.15, 0.2) is 6.10 Å². The molecule has 2 aliphatic rings. The molecule has 0 aromatic heterocycles. The molecule has 0 radical (unpaired) electrons. The zero-order chi connectivity index (χ0) is 21.8. The van der Waals surface area contributed by atoms with E-state index in [0.29, 0.717) is 18.0 Å². The number of hydrogen-bond acceptors (Lipinski definition) is 5. The highest BCUT2D eigenvalue weighted by Crippen LogP contribution is 2.33. The van der Waals surface area contributed by atoms with Gasteiger partial charge in [-0.3, -0.25) is 14.0 Å². The maximum absolute atomic E-state index is 12.8. The standard InChI is InChI=1S/C23H29N3O4S/c1-31(28,29)26-14-11-22(30-21-10-3-2-9-20(21)26)23(27)24-16-18-7-6-8-19(15-18)17-25-12-4-5-13-25/h2-3,6-10,15,22H,4-5,11-14,16-17H2,1H3,(H,24,27). The van der Waals surface area contributed by atoms with Gasteiger partial charge in [0.2, 0.25) is 10.0 Å². The quantitative estimate of drug-likeness (QED) is 0.742. The van der Waals surface area contributed by atoms with Gasteiger partial charge in [-0.2, -0.15) is 0 Å². The third-order valence-corrected chi connectivity index (χ3v) is 6.93. The SMILES string of the molecule is CS(=O)(=O)N1CCC(C(=O)NCc2cccc(CN3CCCC3)c2)Oc2ccccc21. The molecule has 0 aliphatic carbocycles. The summed E-state index contributed by atoms with van der Waals surface area (Å²) in [6.45, 7) is 3.83. The van der Waals surface area contributed by atoms with E-state index in [9.17, 15) is 13.2 Å². The number of anilines is 1. The number of ether oxygens (including phenoxy) is 1. The van der Waals surface area contributed by atoms with E-state index in [1.165, 1.54) is 29.0 Å². The van der Waals surface area contributed by atoms with Crippen LogP contribution in [0, 0.1) is 0 Å². The van der Waals surface area contributed by atoms with Crippen LogP contribution in [0.25, 0.3) is 0 Å². The Kier molecular flexibility index (Phi) is 6.48. The van der Waals surface area contributed by atoms with Crippen molar-refractivity contribution in [3.63, 3.8) is 0 Å². The van der Waals surface area contributed by atoms with Gasteiger partial charge in [-0.1, -0.05) is 36.4 Å². The lowest BCUT2D eigenvalue weighted by molar-refractivity contribution is -0.128. The van der Waals surface area contributed by atoms with Crippen LogP contribution in [0.5, 0.6) is 5.75 Å². The van der Waals surface area contributed by atoms with E-state index in [1.54, 1.807) is 24.3 Å². The third kappa shape index (κ3) is 5.37. The van der Waals surface area contributed by atoms with Crippen molar-refractivity contribution in [1.82, 2.24) is 10.2 Å². The van der Waals surface area contributed by atoms with E-state index >= 15 is 0 Å². The first kappa shape index (κ1) is 21.6. The molecule has 1 atom stereocenters. The predicted octanol–water partition coefficient (Wildman–Crippen LogP) is 2.52. The second-order valence-corrected chi connectivity index (χ2v) is 10.1. The molecule has 7 nitrogen and oxygen atoms in total. The topological polar surface area (TPSA) is 79.0 Å². The molecule has 2 aliphatic heterocycles. The minimum atomic E-state index is -3.46. The summed E-state index contributed by atoms with van der Waals surface area (Å²) >= 11 is 0. The van der Waals surface area contributed by atoms with Gasteiger partial charge < -0.3 is 10.1 Å². The zero-order valence-electron chi connectivity index (χ0n) is 17.8. The first-order chi connectivity index (χ1) is 14.9. The monoisotopic (exact) mass is 443 g/mol. The molecule has 1 fully saturated rings. The molecule has 0 spiro atoms. The summed E-state index contributed by atoms with van der Waals surface area (Å²) in [6.07, 6.45) is 3.22. The number of likely N-dealkylation sites (tertiary alicyclic amines) is 1. The highest BCUT2D eigenvalue weighted by molar-refractivity contribution is 7.92. The lowest BCUT2D eigenvalue weighted by Crippen LogP contribution is -2.39. The van der Waals surface area contributed by atoms with Crippen LogP contribution in [0.2, 0.25) is 0 Å². The van der Waals surface area contributed by atoms with Gasteiger partial charge in [0, 0.05) is 26.1 Å². The molecular formula is C23H29N3O4S.